The van der Waals surface area contributed by atoms with Crippen LogP contribution in [0, 0.1) is 0 Å². The summed E-state index contributed by atoms with van der Waals surface area (Å²) >= 11 is 11.8. The smallest absolute Gasteiger partial charge is 0.335 e. The fourth-order valence-corrected chi connectivity index (χ4v) is 4.96. The van der Waals surface area contributed by atoms with Crippen molar-refractivity contribution in [2.24, 2.45) is 0 Å². The van der Waals surface area contributed by atoms with Gasteiger partial charge in [0.2, 0.25) is 9.84 Å². The Balaban J connectivity index is 1.80. The van der Waals surface area contributed by atoms with Gasteiger partial charge in [-0.15, -0.1) is 0 Å². The van der Waals surface area contributed by atoms with Crippen molar-refractivity contribution < 1.29 is 8.42 Å². The molecular weight excluding hydrogens is 497 g/mol. The van der Waals surface area contributed by atoms with E-state index in [4.69, 9.17) is 23.2 Å². The Morgan fingerprint density at radius 2 is 1.38 bits per heavy atom. The molecule has 10 heteroatoms. The molecule has 4 aromatic rings. The largest absolute Gasteiger partial charge is 0.383 e. The summed E-state index contributed by atoms with van der Waals surface area (Å²) in [5, 5.41) is 4.15. The molecule has 0 radical (unpaired) electrons. The summed E-state index contributed by atoms with van der Waals surface area (Å²) < 4.78 is 28.7. The molecule has 0 saturated heterocycles. The van der Waals surface area contributed by atoms with E-state index in [0.29, 0.717) is 16.6 Å². The second kappa shape index (κ2) is 9.89. The van der Waals surface area contributed by atoms with E-state index in [2.05, 4.69) is 5.32 Å². The van der Waals surface area contributed by atoms with Crippen molar-refractivity contribution in [3.8, 4) is 5.69 Å². The van der Waals surface area contributed by atoms with Gasteiger partial charge in [0.05, 0.1) is 10.6 Å². The van der Waals surface area contributed by atoms with Gasteiger partial charge in [0, 0.05) is 35.0 Å². The molecule has 4 rings (SSSR count). The highest BCUT2D eigenvalue weighted by Crippen LogP contribution is 2.18. The van der Waals surface area contributed by atoms with E-state index in [1.54, 1.807) is 42.5 Å². The normalized spacial score (nSPS) is 11.4. The molecule has 0 aliphatic carbocycles. The first-order valence-corrected chi connectivity index (χ1v) is 12.4. The monoisotopic (exact) mass is 515 g/mol. The lowest BCUT2D eigenvalue weighted by molar-refractivity contribution is 0.580. The molecule has 0 bridgehead atoms. The Hall–Kier alpha value is -3.33. The van der Waals surface area contributed by atoms with Gasteiger partial charge >= 0.3 is 5.69 Å². The van der Waals surface area contributed by atoms with Crippen molar-refractivity contribution in [1.29, 1.82) is 0 Å². The van der Waals surface area contributed by atoms with Crippen LogP contribution in [0.4, 0.5) is 5.69 Å². The first kappa shape index (κ1) is 23.8. The SMILES string of the molecule is O=c1c(S(=O)(=O)c2ccccc2)cn(CCNc2ccc(Cl)cc2)c(=O)n1-c1ccc(Cl)cc1. The van der Waals surface area contributed by atoms with Crippen molar-refractivity contribution in [2.75, 3.05) is 11.9 Å². The summed E-state index contributed by atoms with van der Waals surface area (Å²) in [5.74, 6) is 0. The Morgan fingerprint density at radius 1 is 0.794 bits per heavy atom. The highest BCUT2D eigenvalue weighted by molar-refractivity contribution is 7.91. The molecule has 0 spiro atoms. The van der Waals surface area contributed by atoms with Gasteiger partial charge in [-0.2, -0.15) is 0 Å². The molecule has 0 aliphatic rings. The fraction of sp³-hybridized carbons (Fsp3) is 0.0833. The van der Waals surface area contributed by atoms with Gasteiger partial charge in [-0.3, -0.25) is 9.36 Å². The summed E-state index contributed by atoms with van der Waals surface area (Å²) in [6, 6.07) is 20.6. The molecule has 1 N–H and O–H groups in total. The van der Waals surface area contributed by atoms with E-state index in [0.717, 1.165) is 16.5 Å². The molecule has 1 aromatic heterocycles. The number of nitrogens with zero attached hydrogens (tertiary/aromatic N) is 2. The Kier molecular flexibility index (Phi) is 6.92. The minimum absolute atomic E-state index is 0.0424. The number of sulfone groups is 1. The van der Waals surface area contributed by atoms with Crippen LogP contribution >= 0.6 is 23.2 Å². The Bertz CT molecular complexity index is 1530. The molecule has 34 heavy (non-hydrogen) atoms. The van der Waals surface area contributed by atoms with Crippen LogP contribution < -0.4 is 16.6 Å². The predicted molar refractivity (Wildman–Crippen MR) is 133 cm³/mol. The number of hydrogen-bond acceptors (Lipinski definition) is 5. The summed E-state index contributed by atoms with van der Waals surface area (Å²) in [6.45, 7) is 0.401. The second-order valence-corrected chi connectivity index (χ2v) is 10.1. The zero-order valence-corrected chi connectivity index (χ0v) is 20.0. The lowest BCUT2D eigenvalue weighted by atomic mass is 10.3. The number of rotatable bonds is 7. The Labute approximate surface area is 205 Å². The molecule has 1 heterocycles. The van der Waals surface area contributed by atoms with Gasteiger partial charge in [0.1, 0.15) is 0 Å². The number of nitrogens with one attached hydrogen (secondary N) is 1. The maximum Gasteiger partial charge on any atom is 0.335 e. The maximum atomic E-state index is 13.3. The van der Waals surface area contributed by atoms with Crippen molar-refractivity contribution in [2.45, 2.75) is 16.3 Å². The zero-order chi connectivity index (χ0) is 24.3. The highest BCUT2D eigenvalue weighted by Gasteiger charge is 2.25. The molecule has 0 aliphatic heterocycles. The van der Waals surface area contributed by atoms with E-state index in [1.807, 2.05) is 0 Å². The molecule has 0 amide bonds. The summed E-state index contributed by atoms with van der Waals surface area (Å²) in [4.78, 5) is 26.0. The third-order valence-corrected chi connectivity index (χ3v) is 7.33. The van der Waals surface area contributed by atoms with E-state index in [9.17, 15) is 18.0 Å². The van der Waals surface area contributed by atoms with Crippen LogP contribution in [0.3, 0.4) is 0 Å². The summed E-state index contributed by atoms with van der Waals surface area (Å²) in [5.41, 5.74) is -0.611. The quantitative estimate of drug-likeness (QED) is 0.397. The van der Waals surface area contributed by atoms with E-state index < -0.39 is 26.0 Å². The van der Waals surface area contributed by atoms with E-state index in [-0.39, 0.29) is 17.1 Å². The zero-order valence-electron chi connectivity index (χ0n) is 17.7. The van der Waals surface area contributed by atoms with Gasteiger partial charge in [-0.25, -0.2) is 17.8 Å². The van der Waals surface area contributed by atoms with Crippen LogP contribution in [0.1, 0.15) is 0 Å². The molecule has 0 atom stereocenters. The molecular formula is C24H19Cl2N3O4S. The van der Waals surface area contributed by atoms with E-state index in [1.165, 1.54) is 41.0 Å². The molecule has 0 unspecified atom stereocenters. The van der Waals surface area contributed by atoms with Gasteiger partial charge < -0.3 is 5.32 Å². The number of hydrogen-bond donors (Lipinski definition) is 1. The molecule has 7 nitrogen and oxygen atoms in total. The first-order chi connectivity index (χ1) is 16.3. The van der Waals surface area contributed by atoms with Crippen LogP contribution in [-0.2, 0) is 16.4 Å². The number of benzene rings is 3. The summed E-state index contributed by atoms with van der Waals surface area (Å²) in [7, 11) is -4.18. The van der Waals surface area contributed by atoms with Crippen molar-refractivity contribution in [1.82, 2.24) is 9.13 Å². The molecule has 174 valence electrons. The molecule has 0 fully saturated rings. The Morgan fingerprint density at radius 3 is 2.00 bits per heavy atom. The van der Waals surface area contributed by atoms with Crippen LogP contribution in [0.5, 0.6) is 0 Å². The topological polar surface area (TPSA) is 90.2 Å². The lowest BCUT2D eigenvalue weighted by Gasteiger charge is -2.14. The molecule has 3 aromatic carbocycles. The van der Waals surface area contributed by atoms with Crippen LogP contribution in [-0.4, -0.2) is 24.1 Å². The third-order valence-electron chi connectivity index (χ3n) is 5.08. The average molecular weight is 516 g/mol. The van der Waals surface area contributed by atoms with Crippen molar-refractivity contribution in [3.63, 3.8) is 0 Å². The minimum atomic E-state index is -4.18. The van der Waals surface area contributed by atoms with Crippen molar-refractivity contribution >= 4 is 38.7 Å². The van der Waals surface area contributed by atoms with Crippen LogP contribution in [0.2, 0.25) is 10.0 Å². The van der Waals surface area contributed by atoms with Crippen LogP contribution in [0.25, 0.3) is 5.69 Å². The van der Waals surface area contributed by atoms with E-state index >= 15 is 0 Å². The predicted octanol–water partition coefficient (Wildman–Crippen LogP) is 4.25. The lowest BCUT2D eigenvalue weighted by Crippen LogP contribution is -2.41. The second-order valence-electron chi connectivity index (χ2n) is 7.34. The summed E-state index contributed by atoms with van der Waals surface area (Å²) in [6.07, 6.45) is 1.10. The first-order valence-electron chi connectivity index (χ1n) is 10.2. The number of halogens is 2. The van der Waals surface area contributed by atoms with Gasteiger partial charge in [-0.1, -0.05) is 41.4 Å². The third kappa shape index (κ3) is 4.94. The average Bonchev–Trinajstić information content (AvgIpc) is 2.83. The van der Waals surface area contributed by atoms with Gasteiger partial charge in [0.25, 0.3) is 5.56 Å². The van der Waals surface area contributed by atoms with Gasteiger partial charge in [0.15, 0.2) is 4.90 Å². The van der Waals surface area contributed by atoms with Crippen molar-refractivity contribution in [3.05, 3.63) is 116 Å². The maximum absolute atomic E-state index is 13.3. The molecule has 0 saturated carbocycles. The fourth-order valence-electron chi connectivity index (χ4n) is 3.35. The minimum Gasteiger partial charge on any atom is -0.383 e. The number of aromatic nitrogens is 2. The standard InChI is InChI=1S/C24H19Cl2N3O4S/c25-17-6-10-19(11-7-17)27-14-15-28-16-22(34(32,33)21-4-2-1-3-5-21)23(30)29(24(28)31)20-12-8-18(26)9-13-20/h1-13,16,27H,14-15H2. The van der Waals surface area contributed by atoms with Gasteiger partial charge in [-0.05, 0) is 60.7 Å². The number of anilines is 1. The van der Waals surface area contributed by atoms with Crippen LogP contribution in [0.15, 0.2) is 104 Å². The highest BCUT2D eigenvalue weighted by atomic mass is 35.5.